The highest BCUT2D eigenvalue weighted by Crippen LogP contribution is 2.08. The number of carbonyl (C=O) groups is 1. The highest BCUT2D eigenvalue weighted by Gasteiger charge is 2.14. The van der Waals surface area contributed by atoms with E-state index in [-0.39, 0.29) is 5.91 Å². The van der Waals surface area contributed by atoms with Gasteiger partial charge in [-0.25, -0.2) is 5.48 Å². The Hall–Kier alpha value is -1.39. The lowest BCUT2D eigenvalue weighted by Crippen LogP contribution is -2.34. The van der Waals surface area contributed by atoms with E-state index < -0.39 is 6.04 Å². The Morgan fingerprint density at radius 1 is 1.50 bits per heavy atom. The van der Waals surface area contributed by atoms with Crippen molar-refractivity contribution in [3.63, 3.8) is 0 Å². The van der Waals surface area contributed by atoms with E-state index in [1.54, 1.807) is 19.1 Å². The molecule has 0 aliphatic carbocycles. The van der Waals surface area contributed by atoms with Crippen LogP contribution >= 0.6 is 0 Å². The number of amides is 1. The Labute approximate surface area is 83.0 Å². The zero-order valence-electron chi connectivity index (χ0n) is 8.07. The number of rotatable bonds is 4. The maximum atomic E-state index is 11.3. The predicted molar refractivity (Wildman–Crippen MR) is 53.1 cm³/mol. The van der Waals surface area contributed by atoms with Gasteiger partial charge in [0, 0.05) is 0 Å². The average Bonchev–Trinajstić information content (AvgIpc) is 2.26. The third-order valence-electron chi connectivity index (χ3n) is 1.76. The van der Waals surface area contributed by atoms with Crippen molar-refractivity contribution in [2.75, 3.05) is 6.61 Å². The molecule has 76 valence electrons. The van der Waals surface area contributed by atoms with Gasteiger partial charge in [-0.2, -0.15) is 0 Å². The molecule has 0 unspecified atom stereocenters. The number of hydroxylamine groups is 1. The molecule has 4 heteroatoms. The van der Waals surface area contributed by atoms with E-state index in [0.717, 1.165) is 5.56 Å². The van der Waals surface area contributed by atoms with E-state index in [0.29, 0.717) is 6.61 Å². The first-order chi connectivity index (χ1) is 6.75. The molecule has 1 aromatic rings. The Balaban J connectivity index is 2.57. The normalized spacial score (nSPS) is 12.1. The lowest BCUT2D eigenvalue weighted by Gasteiger charge is -2.11. The molecule has 0 bridgehead atoms. The topological polar surface area (TPSA) is 64.3 Å². The van der Waals surface area contributed by atoms with Crippen LogP contribution in [0.15, 0.2) is 30.3 Å². The first-order valence-corrected chi connectivity index (χ1v) is 4.48. The first kappa shape index (κ1) is 10.7. The molecule has 0 saturated carbocycles. The number of benzene rings is 1. The summed E-state index contributed by atoms with van der Waals surface area (Å²) in [4.78, 5) is 16.1. The summed E-state index contributed by atoms with van der Waals surface area (Å²) in [5.41, 5.74) is 8.72. The molecule has 1 rings (SSSR count). The van der Waals surface area contributed by atoms with Crippen LogP contribution in [0.2, 0.25) is 0 Å². The second kappa shape index (κ2) is 5.36. The van der Waals surface area contributed by atoms with Crippen molar-refractivity contribution in [3.8, 4) is 0 Å². The van der Waals surface area contributed by atoms with Crippen molar-refractivity contribution in [2.45, 2.75) is 13.0 Å². The van der Waals surface area contributed by atoms with Crippen molar-refractivity contribution in [2.24, 2.45) is 5.73 Å². The van der Waals surface area contributed by atoms with Crippen LogP contribution in [0.5, 0.6) is 0 Å². The summed E-state index contributed by atoms with van der Waals surface area (Å²) in [5.74, 6) is -0.335. The molecule has 0 spiro atoms. The van der Waals surface area contributed by atoms with Gasteiger partial charge in [-0.1, -0.05) is 30.3 Å². The third kappa shape index (κ3) is 2.83. The molecular weight excluding hydrogens is 180 g/mol. The second-order valence-electron chi connectivity index (χ2n) is 2.79. The quantitative estimate of drug-likeness (QED) is 0.695. The van der Waals surface area contributed by atoms with Gasteiger partial charge < -0.3 is 5.73 Å². The van der Waals surface area contributed by atoms with Gasteiger partial charge in [0.1, 0.15) is 6.04 Å². The van der Waals surface area contributed by atoms with Gasteiger partial charge in [-0.05, 0) is 12.5 Å². The maximum Gasteiger partial charge on any atom is 0.265 e. The summed E-state index contributed by atoms with van der Waals surface area (Å²) in [6.07, 6.45) is 0. The number of hydrogen-bond acceptors (Lipinski definition) is 3. The van der Waals surface area contributed by atoms with Crippen molar-refractivity contribution < 1.29 is 9.63 Å². The first-order valence-electron chi connectivity index (χ1n) is 4.48. The van der Waals surface area contributed by atoms with Crippen molar-refractivity contribution in [1.82, 2.24) is 5.48 Å². The molecule has 3 N–H and O–H groups in total. The SMILES string of the molecule is CCONC(=O)[C@@H](N)c1ccccc1. The van der Waals surface area contributed by atoms with E-state index in [9.17, 15) is 4.79 Å². The van der Waals surface area contributed by atoms with E-state index in [1.165, 1.54) is 0 Å². The Bertz CT molecular complexity index is 287. The Morgan fingerprint density at radius 3 is 2.71 bits per heavy atom. The molecule has 4 nitrogen and oxygen atoms in total. The monoisotopic (exact) mass is 194 g/mol. The van der Waals surface area contributed by atoms with E-state index >= 15 is 0 Å². The fraction of sp³-hybridized carbons (Fsp3) is 0.300. The van der Waals surface area contributed by atoms with Crippen LogP contribution in [0.25, 0.3) is 0 Å². The van der Waals surface area contributed by atoms with Crippen LogP contribution in [0.4, 0.5) is 0 Å². The zero-order chi connectivity index (χ0) is 10.4. The number of nitrogens with one attached hydrogen (secondary N) is 1. The lowest BCUT2D eigenvalue weighted by atomic mass is 10.1. The maximum absolute atomic E-state index is 11.3. The summed E-state index contributed by atoms with van der Waals surface area (Å²) in [6, 6.07) is 8.47. The summed E-state index contributed by atoms with van der Waals surface area (Å²) in [5, 5.41) is 0. The van der Waals surface area contributed by atoms with Crippen LogP contribution in [-0.4, -0.2) is 12.5 Å². The smallest absolute Gasteiger partial charge is 0.265 e. The number of nitrogens with two attached hydrogens (primary N) is 1. The molecule has 0 saturated heterocycles. The van der Waals surface area contributed by atoms with Gasteiger partial charge in [0.25, 0.3) is 5.91 Å². The van der Waals surface area contributed by atoms with Crippen molar-refractivity contribution in [3.05, 3.63) is 35.9 Å². The molecule has 0 aliphatic heterocycles. The Morgan fingerprint density at radius 2 is 2.14 bits per heavy atom. The minimum Gasteiger partial charge on any atom is -0.316 e. The third-order valence-corrected chi connectivity index (χ3v) is 1.76. The zero-order valence-corrected chi connectivity index (χ0v) is 8.07. The number of carbonyl (C=O) groups excluding carboxylic acids is 1. The van der Waals surface area contributed by atoms with Gasteiger partial charge in [-0.15, -0.1) is 0 Å². The molecular formula is C10H14N2O2. The van der Waals surface area contributed by atoms with Crippen molar-refractivity contribution in [1.29, 1.82) is 0 Å². The van der Waals surface area contributed by atoms with Crippen LogP contribution in [-0.2, 0) is 9.63 Å². The van der Waals surface area contributed by atoms with Gasteiger partial charge in [0.2, 0.25) is 0 Å². The standard InChI is InChI=1S/C10H14N2O2/c1-2-14-12-10(13)9(11)8-6-4-3-5-7-8/h3-7,9H,2,11H2,1H3,(H,12,13)/t9-/m0/s1. The molecule has 14 heavy (non-hydrogen) atoms. The minimum atomic E-state index is -0.678. The molecule has 0 heterocycles. The fourth-order valence-corrected chi connectivity index (χ4v) is 1.02. The van der Waals surface area contributed by atoms with Crippen LogP contribution in [0.3, 0.4) is 0 Å². The van der Waals surface area contributed by atoms with E-state index in [1.807, 2.05) is 18.2 Å². The summed E-state index contributed by atoms with van der Waals surface area (Å²) in [6.45, 7) is 2.21. The lowest BCUT2D eigenvalue weighted by molar-refractivity contribution is -0.134. The Kier molecular flexibility index (Phi) is 4.10. The molecule has 0 fully saturated rings. The number of hydrogen-bond donors (Lipinski definition) is 2. The molecule has 1 aromatic carbocycles. The van der Waals surface area contributed by atoms with Gasteiger partial charge >= 0.3 is 0 Å². The summed E-state index contributed by atoms with van der Waals surface area (Å²) >= 11 is 0. The molecule has 0 radical (unpaired) electrons. The van der Waals surface area contributed by atoms with Gasteiger partial charge in [0.15, 0.2) is 0 Å². The molecule has 1 atom stereocenters. The van der Waals surface area contributed by atoms with Crippen LogP contribution < -0.4 is 11.2 Å². The highest BCUT2D eigenvalue weighted by atomic mass is 16.6. The summed E-state index contributed by atoms with van der Waals surface area (Å²) < 4.78 is 0. The molecule has 1 amide bonds. The second-order valence-corrected chi connectivity index (χ2v) is 2.79. The largest absolute Gasteiger partial charge is 0.316 e. The average molecular weight is 194 g/mol. The predicted octanol–water partition coefficient (Wildman–Crippen LogP) is 0.754. The summed E-state index contributed by atoms with van der Waals surface area (Å²) in [7, 11) is 0. The van der Waals surface area contributed by atoms with Gasteiger partial charge in [-0.3, -0.25) is 9.63 Å². The van der Waals surface area contributed by atoms with E-state index in [4.69, 9.17) is 10.6 Å². The minimum absolute atomic E-state index is 0.335. The fourth-order valence-electron chi connectivity index (χ4n) is 1.02. The van der Waals surface area contributed by atoms with Gasteiger partial charge in [0.05, 0.1) is 6.61 Å². The van der Waals surface area contributed by atoms with Crippen LogP contribution in [0.1, 0.15) is 18.5 Å². The molecule has 0 aromatic heterocycles. The molecule has 0 aliphatic rings. The van der Waals surface area contributed by atoms with Crippen LogP contribution in [0, 0.1) is 0 Å². The van der Waals surface area contributed by atoms with Crippen molar-refractivity contribution >= 4 is 5.91 Å². The highest BCUT2D eigenvalue weighted by molar-refractivity contribution is 5.81. The van der Waals surface area contributed by atoms with E-state index in [2.05, 4.69) is 5.48 Å².